The maximum absolute atomic E-state index is 12.6. The summed E-state index contributed by atoms with van der Waals surface area (Å²) in [5.41, 5.74) is 1.24. The minimum atomic E-state index is -0.399. The molecule has 0 radical (unpaired) electrons. The lowest BCUT2D eigenvalue weighted by molar-refractivity contribution is -0.153. The van der Waals surface area contributed by atoms with E-state index in [2.05, 4.69) is 22.0 Å². The van der Waals surface area contributed by atoms with Crippen LogP contribution >= 0.6 is 11.6 Å². The Balaban J connectivity index is 1.46. The number of aromatic nitrogens is 1. The van der Waals surface area contributed by atoms with E-state index in [9.17, 15) is 4.79 Å². The van der Waals surface area contributed by atoms with Crippen molar-refractivity contribution in [2.45, 2.75) is 63.1 Å². The molecule has 4 rings (SSSR count). The summed E-state index contributed by atoms with van der Waals surface area (Å²) in [6.07, 6.45) is 6.56. The van der Waals surface area contributed by atoms with E-state index in [0.717, 1.165) is 48.8 Å². The predicted octanol–water partition coefficient (Wildman–Crippen LogP) is 4.06. The number of benzene rings is 1. The van der Waals surface area contributed by atoms with Crippen LogP contribution < -0.4 is 0 Å². The molecule has 31 heavy (non-hydrogen) atoms. The van der Waals surface area contributed by atoms with Gasteiger partial charge < -0.3 is 14.1 Å². The van der Waals surface area contributed by atoms with Crippen LogP contribution in [0.4, 0.5) is 0 Å². The first-order valence-electron chi connectivity index (χ1n) is 11.2. The van der Waals surface area contributed by atoms with Gasteiger partial charge >= 0.3 is 0 Å². The summed E-state index contributed by atoms with van der Waals surface area (Å²) < 4.78 is 11.8. The summed E-state index contributed by atoms with van der Waals surface area (Å²) in [5.74, 6) is 2.17. The second kappa shape index (κ2) is 9.72. The third-order valence-corrected chi connectivity index (χ3v) is 6.84. The quantitative estimate of drug-likeness (QED) is 0.694. The van der Waals surface area contributed by atoms with Crippen molar-refractivity contribution >= 4 is 17.5 Å². The molecule has 6 nitrogen and oxygen atoms in total. The van der Waals surface area contributed by atoms with Crippen molar-refractivity contribution in [2.75, 3.05) is 27.2 Å². The zero-order valence-corrected chi connectivity index (χ0v) is 19.3. The third kappa shape index (κ3) is 5.30. The van der Waals surface area contributed by atoms with Crippen molar-refractivity contribution in [3.05, 3.63) is 52.7 Å². The first-order chi connectivity index (χ1) is 14.9. The molecule has 1 aromatic heterocycles. The monoisotopic (exact) mass is 445 g/mol. The Morgan fingerprint density at radius 1 is 1.19 bits per heavy atom. The van der Waals surface area contributed by atoms with Crippen LogP contribution in [0.2, 0.25) is 5.02 Å². The van der Waals surface area contributed by atoms with Crippen LogP contribution in [0.5, 0.6) is 0 Å². The number of rotatable bonds is 5. The van der Waals surface area contributed by atoms with Crippen molar-refractivity contribution in [1.29, 1.82) is 0 Å². The molecule has 7 heteroatoms. The maximum Gasteiger partial charge on any atom is 0.252 e. The number of amides is 1. The molecule has 0 N–H and O–H groups in total. The van der Waals surface area contributed by atoms with Gasteiger partial charge in [0.2, 0.25) is 0 Å². The van der Waals surface area contributed by atoms with Crippen molar-refractivity contribution in [3.63, 3.8) is 0 Å². The summed E-state index contributed by atoms with van der Waals surface area (Å²) in [6, 6.07) is 8.72. The van der Waals surface area contributed by atoms with Gasteiger partial charge in [-0.2, -0.15) is 0 Å². The number of aryl methyl sites for hydroxylation is 1. The fraction of sp³-hybridized carbons (Fsp3) is 0.583. The standard InChI is InChI=1S/C24H32ClN3O3/c1-16-13-26-23(31-16)18-6-10-20(11-7-18)28-14-22(24(29)27(2)3)30-15-21(28)12-17-4-8-19(25)9-5-17/h4-5,8-9,13,18,20-22H,6-7,10-12,14-15H2,1-3H3/t18?,20?,21-,22+/m0/s1. The van der Waals surface area contributed by atoms with E-state index in [4.69, 9.17) is 20.8 Å². The highest BCUT2D eigenvalue weighted by molar-refractivity contribution is 6.30. The van der Waals surface area contributed by atoms with Gasteiger partial charge in [-0.25, -0.2) is 4.98 Å². The summed E-state index contributed by atoms with van der Waals surface area (Å²) in [6.45, 7) is 3.15. The summed E-state index contributed by atoms with van der Waals surface area (Å²) >= 11 is 6.06. The van der Waals surface area contributed by atoms with E-state index in [0.29, 0.717) is 25.1 Å². The van der Waals surface area contributed by atoms with E-state index in [1.165, 1.54) is 5.56 Å². The fourth-order valence-electron chi connectivity index (χ4n) is 4.88. The van der Waals surface area contributed by atoms with Crippen molar-refractivity contribution in [2.24, 2.45) is 0 Å². The molecule has 0 unspecified atom stereocenters. The average Bonchev–Trinajstić information content (AvgIpc) is 3.21. The van der Waals surface area contributed by atoms with Gasteiger partial charge in [-0.3, -0.25) is 9.69 Å². The highest BCUT2D eigenvalue weighted by Gasteiger charge is 2.39. The molecule has 1 aliphatic heterocycles. The topological polar surface area (TPSA) is 58.8 Å². The lowest BCUT2D eigenvalue weighted by atomic mass is 9.84. The normalized spacial score (nSPS) is 27.2. The van der Waals surface area contributed by atoms with Crippen LogP contribution in [0.1, 0.15) is 48.8 Å². The summed E-state index contributed by atoms with van der Waals surface area (Å²) in [5, 5.41) is 0.747. The average molecular weight is 446 g/mol. The van der Waals surface area contributed by atoms with Gasteiger partial charge in [0.1, 0.15) is 11.9 Å². The number of morpholine rings is 1. The predicted molar refractivity (Wildman–Crippen MR) is 120 cm³/mol. The van der Waals surface area contributed by atoms with Crippen LogP contribution in [-0.2, 0) is 16.0 Å². The van der Waals surface area contributed by atoms with Gasteiger partial charge in [0.15, 0.2) is 5.89 Å². The number of ether oxygens (including phenoxy) is 1. The number of carbonyl (C=O) groups is 1. The SMILES string of the molecule is Cc1cnc(C2CCC(N3C[C@H](C(=O)N(C)C)OC[C@@H]3Cc3ccc(Cl)cc3)CC2)o1. The second-order valence-electron chi connectivity index (χ2n) is 9.05. The van der Waals surface area contributed by atoms with E-state index in [-0.39, 0.29) is 11.9 Å². The molecule has 0 bridgehead atoms. The Morgan fingerprint density at radius 3 is 2.52 bits per heavy atom. The summed E-state index contributed by atoms with van der Waals surface area (Å²) in [7, 11) is 3.58. The Kier molecular flexibility index (Phi) is 6.99. The Morgan fingerprint density at radius 2 is 1.90 bits per heavy atom. The molecular weight excluding hydrogens is 414 g/mol. The number of halogens is 1. The molecule has 1 saturated heterocycles. The Bertz CT molecular complexity index is 874. The number of hydrogen-bond donors (Lipinski definition) is 0. The molecule has 2 fully saturated rings. The van der Waals surface area contributed by atoms with Crippen LogP contribution in [0.15, 0.2) is 34.9 Å². The van der Waals surface area contributed by atoms with Crippen molar-refractivity contribution < 1.29 is 13.9 Å². The van der Waals surface area contributed by atoms with E-state index >= 15 is 0 Å². The van der Waals surface area contributed by atoms with Crippen LogP contribution in [0.25, 0.3) is 0 Å². The van der Waals surface area contributed by atoms with Crippen LogP contribution in [0, 0.1) is 6.92 Å². The van der Waals surface area contributed by atoms with Gasteiger partial charge in [0, 0.05) is 43.7 Å². The van der Waals surface area contributed by atoms with Gasteiger partial charge in [0.05, 0.1) is 12.8 Å². The van der Waals surface area contributed by atoms with E-state index in [1.54, 1.807) is 19.0 Å². The molecular formula is C24H32ClN3O3. The number of oxazole rings is 1. The first-order valence-corrected chi connectivity index (χ1v) is 11.5. The maximum atomic E-state index is 12.6. The van der Waals surface area contributed by atoms with Crippen molar-refractivity contribution in [3.8, 4) is 0 Å². The second-order valence-corrected chi connectivity index (χ2v) is 9.49. The van der Waals surface area contributed by atoms with Gasteiger partial charge in [0.25, 0.3) is 5.91 Å². The zero-order valence-electron chi connectivity index (χ0n) is 18.6. The van der Waals surface area contributed by atoms with Gasteiger partial charge in [-0.05, 0) is 56.7 Å². The molecule has 2 heterocycles. The molecule has 2 aliphatic rings. The minimum absolute atomic E-state index is 0.0406. The highest BCUT2D eigenvalue weighted by Crippen LogP contribution is 2.36. The number of nitrogens with zero attached hydrogens (tertiary/aromatic N) is 3. The summed E-state index contributed by atoms with van der Waals surface area (Å²) in [4.78, 5) is 21.2. The fourth-order valence-corrected chi connectivity index (χ4v) is 5.01. The third-order valence-electron chi connectivity index (χ3n) is 6.59. The Hall–Kier alpha value is -1.89. The zero-order chi connectivity index (χ0) is 22.0. The highest BCUT2D eigenvalue weighted by atomic mass is 35.5. The first kappa shape index (κ1) is 22.3. The van der Waals surface area contributed by atoms with Crippen LogP contribution in [-0.4, -0.2) is 66.1 Å². The van der Waals surface area contributed by atoms with Gasteiger partial charge in [-0.15, -0.1) is 0 Å². The molecule has 1 aliphatic carbocycles. The molecule has 1 amide bonds. The Labute approximate surface area is 189 Å². The largest absolute Gasteiger partial charge is 0.446 e. The smallest absolute Gasteiger partial charge is 0.252 e. The van der Waals surface area contributed by atoms with Crippen molar-refractivity contribution in [1.82, 2.24) is 14.8 Å². The van der Waals surface area contributed by atoms with E-state index < -0.39 is 6.10 Å². The molecule has 2 aromatic rings. The molecule has 1 aromatic carbocycles. The van der Waals surface area contributed by atoms with E-state index in [1.807, 2.05) is 25.3 Å². The molecule has 168 valence electrons. The number of likely N-dealkylation sites (N-methyl/N-ethyl adjacent to an activating group) is 1. The number of hydrogen-bond acceptors (Lipinski definition) is 5. The van der Waals surface area contributed by atoms with Crippen LogP contribution in [0.3, 0.4) is 0 Å². The molecule has 2 atom stereocenters. The minimum Gasteiger partial charge on any atom is -0.446 e. The lowest BCUT2D eigenvalue weighted by Gasteiger charge is -2.46. The molecule has 1 saturated carbocycles. The van der Waals surface area contributed by atoms with Gasteiger partial charge in [-0.1, -0.05) is 23.7 Å². The lowest BCUT2D eigenvalue weighted by Crippen LogP contribution is -2.58. The molecule has 0 spiro atoms. The number of carbonyl (C=O) groups excluding carboxylic acids is 1.